The lowest BCUT2D eigenvalue weighted by molar-refractivity contribution is -0.274. The molecule has 6 nitrogen and oxygen atoms in total. The Morgan fingerprint density at radius 3 is 2.57 bits per heavy atom. The number of hydrogen-bond acceptors (Lipinski definition) is 5. The molecule has 3 rings (SSSR count). The summed E-state index contributed by atoms with van der Waals surface area (Å²) in [5.74, 6) is 0.142. The van der Waals surface area contributed by atoms with Crippen LogP contribution in [0.1, 0.15) is 6.92 Å². The van der Waals surface area contributed by atoms with Gasteiger partial charge in [-0.3, -0.25) is 4.79 Å². The molecule has 28 heavy (non-hydrogen) atoms. The van der Waals surface area contributed by atoms with Crippen LogP contribution in [0.3, 0.4) is 0 Å². The normalized spacial score (nSPS) is 11.4. The zero-order valence-corrected chi connectivity index (χ0v) is 15.5. The molecule has 3 aromatic rings. The van der Waals surface area contributed by atoms with Gasteiger partial charge in [-0.1, -0.05) is 11.8 Å². The molecule has 2 N–H and O–H groups in total. The molecule has 0 aliphatic rings. The van der Waals surface area contributed by atoms with E-state index in [0.29, 0.717) is 17.5 Å². The molecule has 1 aromatic heterocycles. The van der Waals surface area contributed by atoms with Gasteiger partial charge in [-0.2, -0.15) is 0 Å². The number of rotatable bonds is 7. The number of anilines is 1. The number of fused-ring (bicyclic) bond motifs is 1. The lowest BCUT2D eigenvalue weighted by Crippen LogP contribution is -2.17. The fourth-order valence-electron chi connectivity index (χ4n) is 2.36. The first-order valence-electron chi connectivity index (χ1n) is 8.23. The number of H-pyrrole nitrogens is 1. The fraction of sp³-hybridized carbons (Fsp3) is 0.222. The van der Waals surface area contributed by atoms with E-state index in [9.17, 15) is 18.0 Å². The highest BCUT2D eigenvalue weighted by atomic mass is 32.2. The maximum atomic E-state index is 12.1. The number of carbonyl (C=O) groups excluding carboxylic acids is 1. The number of nitrogens with one attached hydrogen (secondary N) is 2. The van der Waals surface area contributed by atoms with E-state index in [1.54, 1.807) is 0 Å². The standard InChI is InChI=1S/C18H16F3N3O3S/c1-2-26-13-7-8-14-15(9-13)24-17(23-14)28-10-16(25)22-11-3-5-12(6-4-11)27-18(19,20)21/h3-9H,2,10H2,1H3,(H,22,25)(H,23,24). The number of ether oxygens (including phenoxy) is 2. The summed E-state index contributed by atoms with van der Waals surface area (Å²) in [5, 5.41) is 3.18. The molecule has 148 valence electrons. The van der Waals surface area contributed by atoms with Gasteiger partial charge in [0.05, 0.1) is 23.4 Å². The third kappa shape index (κ3) is 5.56. The predicted molar refractivity (Wildman–Crippen MR) is 99.7 cm³/mol. The molecule has 0 aliphatic carbocycles. The Balaban J connectivity index is 1.54. The van der Waals surface area contributed by atoms with Crippen molar-refractivity contribution in [1.82, 2.24) is 9.97 Å². The van der Waals surface area contributed by atoms with Crippen molar-refractivity contribution in [3.05, 3.63) is 42.5 Å². The van der Waals surface area contributed by atoms with Gasteiger partial charge in [0.1, 0.15) is 11.5 Å². The second-order valence-corrected chi connectivity index (χ2v) is 6.53. The van der Waals surface area contributed by atoms with Crippen molar-refractivity contribution in [2.75, 3.05) is 17.7 Å². The van der Waals surface area contributed by atoms with Gasteiger partial charge in [0, 0.05) is 11.8 Å². The third-order valence-corrected chi connectivity index (χ3v) is 4.33. The van der Waals surface area contributed by atoms with Crippen molar-refractivity contribution in [2.45, 2.75) is 18.4 Å². The highest BCUT2D eigenvalue weighted by Crippen LogP contribution is 2.25. The lowest BCUT2D eigenvalue weighted by Gasteiger charge is -2.09. The van der Waals surface area contributed by atoms with Gasteiger partial charge in [0.2, 0.25) is 5.91 Å². The summed E-state index contributed by atoms with van der Waals surface area (Å²) in [6.45, 7) is 2.46. The summed E-state index contributed by atoms with van der Waals surface area (Å²) < 4.78 is 45.6. The third-order valence-electron chi connectivity index (χ3n) is 3.45. The molecule has 1 amide bonds. The highest BCUT2D eigenvalue weighted by Gasteiger charge is 2.30. The van der Waals surface area contributed by atoms with Crippen molar-refractivity contribution < 1.29 is 27.4 Å². The van der Waals surface area contributed by atoms with Crippen molar-refractivity contribution in [3.8, 4) is 11.5 Å². The summed E-state index contributed by atoms with van der Waals surface area (Å²) in [5.41, 5.74) is 1.92. The minimum Gasteiger partial charge on any atom is -0.494 e. The topological polar surface area (TPSA) is 76.2 Å². The van der Waals surface area contributed by atoms with Crippen LogP contribution in [0.15, 0.2) is 47.6 Å². The number of imidazole rings is 1. The van der Waals surface area contributed by atoms with Gasteiger partial charge >= 0.3 is 6.36 Å². The minimum absolute atomic E-state index is 0.0823. The second kappa shape index (κ2) is 8.42. The van der Waals surface area contributed by atoms with Crippen LogP contribution in [0, 0.1) is 0 Å². The number of carbonyl (C=O) groups is 1. The average Bonchev–Trinajstić information content (AvgIpc) is 3.03. The average molecular weight is 411 g/mol. The largest absolute Gasteiger partial charge is 0.573 e. The van der Waals surface area contributed by atoms with Gasteiger partial charge in [-0.05, 0) is 43.3 Å². The number of benzene rings is 2. The zero-order valence-electron chi connectivity index (χ0n) is 14.7. The Bertz CT molecular complexity index is 958. The molecule has 0 fully saturated rings. The summed E-state index contributed by atoms with van der Waals surface area (Å²) in [6, 6.07) is 10.4. The number of hydrogen-bond donors (Lipinski definition) is 2. The molecule has 0 unspecified atom stereocenters. The highest BCUT2D eigenvalue weighted by molar-refractivity contribution is 7.99. The van der Waals surface area contributed by atoms with E-state index in [2.05, 4.69) is 20.0 Å². The molecule has 0 aliphatic heterocycles. The van der Waals surface area contributed by atoms with Crippen molar-refractivity contribution in [3.63, 3.8) is 0 Å². The van der Waals surface area contributed by atoms with E-state index in [1.165, 1.54) is 23.9 Å². The zero-order chi connectivity index (χ0) is 20.1. The van der Waals surface area contributed by atoms with E-state index < -0.39 is 6.36 Å². The molecule has 0 atom stereocenters. The SMILES string of the molecule is CCOc1ccc2nc(SCC(=O)Nc3ccc(OC(F)(F)F)cc3)[nH]c2c1. The summed E-state index contributed by atoms with van der Waals surface area (Å²) in [6.07, 6.45) is -4.75. The van der Waals surface area contributed by atoms with E-state index in [1.807, 2.05) is 25.1 Å². The van der Waals surface area contributed by atoms with Gasteiger partial charge in [-0.25, -0.2) is 4.98 Å². The molecule has 0 bridgehead atoms. The van der Waals surface area contributed by atoms with Crippen molar-refractivity contribution >= 4 is 34.4 Å². The van der Waals surface area contributed by atoms with Crippen LogP contribution in [0.4, 0.5) is 18.9 Å². The van der Waals surface area contributed by atoms with Gasteiger partial charge in [0.25, 0.3) is 0 Å². The van der Waals surface area contributed by atoms with Crippen molar-refractivity contribution in [2.24, 2.45) is 0 Å². The Morgan fingerprint density at radius 2 is 1.89 bits per heavy atom. The number of amides is 1. The van der Waals surface area contributed by atoms with Gasteiger partial charge in [-0.15, -0.1) is 13.2 Å². The minimum atomic E-state index is -4.75. The number of aromatic amines is 1. The van der Waals surface area contributed by atoms with Crippen LogP contribution in [-0.2, 0) is 4.79 Å². The summed E-state index contributed by atoms with van der Waals surface area (Å²) in [7, 11) is 0. The molecule has 0 saturated carbocycles. The Hall–Kier alpha value is -2.88. The van der Waals surface area contributed by atoms with Crippen LogP contribution in [0.5, 0.6) is 11.5 Å². The number of nitrogens with zero attached hydrogens (tertiary/aromatic N) is 1. The molecule has 10 heteroatoms. The summed E-state index contributed by atoms with van der Waals surface area (Å²) in [4.78, 5) is 19.5. The fourth-order valence-corrected chi connectivity index (χ4v) is 3.05. The first-order chi connectivity index (χ1) is 13.3. The molecule has 1 heterocycles. The smallest absolute Gasteiger partial charge is 0.494 e. The van der Waals surface area contributed by atoms with Crippen LogP contribution in [0.2, 0.25) is 0 Å². The van der Waals surface area contributed by atoms with Gasteiger partial charge in [0.15, 0.2) is 5.16 Å². The van der Waals surface area contributed by atoms with Crippen LogP contribution in [-0.4, -0.2) is 34.6 Å². The number of halogens is 3. The van der Waals surface area contributed by atoms with Crippen LogP contribution < -0.4 is 14.8 Å². The quantitative estimate of drug-likeness (QED) is 0.556. The van der Waals surface area contributed by atoms with E-state index in [-0.39, 0.29) is 17.4 Å². The van der Waals surface area contributed by atoms with Crippen molar-refractivity contribution in [1.29, 1.82) is 0 Å². The molecule has 0 spiro atoms. The number of aromatic nitrogens is 2. The van der Waals surface area contributed by atoms with Gasteiger partial charge < -0.3 is 19.8 Å². The summed E-state index contributed by atoms with van der Waals surface area (Å²) >= 11 is 1.21. The molecular formula is C18H16F3N3O3S. The maximum absolute atomic E-state index is 12.1. The molecule has 2 aromatic carbocycles. The first kappa shape index (κ1) is 19.9. The molecule has 0 saturated heterocycles. The maximum Gasteiger partial charge on any atom is 0.573 e. The first-order valence-corrected chi connectivity index (χ1v) is 9.22. The molecule has 0 radical (unpaired) electrons. The number of thioether (sulfide) groups is 1. The number of alkyl halides is 3. The van der Waals surface area contributed by atoms with Crippen LogP contribution >= 0.6 is 11.8 Å². The monoisotopic (exact) mass is 411 g/mol. The second-order valence-electron chi connectivity index (χ2n) is 5.56. The molecular weight excluding hydrogens is 395 g/mol. The lowest BCUT2D eigenvalue weighted by atomic mass is 10.3. The van der Waals surface area contributed by atoms with E-state index in [4.69, 9.17) is 4.74 Å². The Labute approximate surface area is 162 Å². The van der Waals surface area contributed by atoms with Crippen LogP contribution in [0.25, 0.3) is 11.0 Å². The Kier molecular flexibility index (Phi) is 5.98. The van der Waals surface area contributed by atoms with E-state index in [0.717, 1.165) is 28.9 Å². The Morgan fingerprint density at radius 1 is 1.18 bits per heavy atom. The van der Waals surface area contributed by atoms with E-state index >= 15 is 0 Å². The predicted octanol–water partition coefficient (Wildman–Crippen LogP) is 4.59.